The van der Waals surface area contributed by atoms with Crippen LogP contribution in [-0.4, -0.2) is 49.6 Å². The molecule has 2 aromatic rings. The number of anilines is 1. The number of nitrogens with zero attached hydrogens (tertiary/aromatic N) is 1. The van der Waals surface area contributed by atoms with Gasteiger partial charge in [0.2, 0.25) is 0 Å². The minimum absolute atomic E-state index is 0.0277. The van der Waals surface area contributed by atoms with Gasteiger partial charge in [-0.3, -0.25) is 9.69 Å². The first kappa shape index (κ1) is 21.9. The molecule has 1 N–H and O–H groups in total. The van der Waals surface area contributed by atoms with Crippen LogP contribution in [0.2, 0.25) is 0 Å². The van der Waals surface area contributed by atoms with Crippen LogP contribution in [0, 0.1) is 6.92 Å². The number of thioether (sulfide) groups is 1. The zero-order valence-electron chi connectivity index (χ0n) is 17.0. The molecule has 1 heterocycles. The number of benzene rings is 2. The van der Waals surface area contributed by atoms with Crippen LogP contribution in [0.4, 0.5) is 5.69 Å². The van der Waals surface area contributed by atoms with Crippen LogP contribution in [0.15, 0.2) is 47.4 Å². The van der Waals surface area contributed by atoms with Crippen LogP contribution in [0.1, 0.15) is 34.8 Å². The molecule has 1 aliphatic heterocycles. The molecule has 0 aromatic heterocycles. The van der Waals surface area contributed by atoms with Crippen LogP contribution in [0.5, 0.6) is 0 Å². The second-order valence-corrected chi connectivity index (χ2v) is 10.6. The Hall–Kier alpha value is -1.83. The summed E-state index contributed by atoms with van der Waals surface area (Å²) in [7, 11) is -3.49. The Morgan fingerprint density at radius 2 is 1.86 bits per heavy atom. The van der Waals surface area contributed by atoms with Crippen molar-refractivity contribution in [2.45, 2.75) is 31.7 Å². The fourth-order valence-electron chi connectivity index (χ4n) is 3.41. The molecule has 0 atom stereocenters. The Morgan fingerprint density at radius 1 is 1.14 bits per heavy atom. The summed E-state index contributed by atoms with van der Waals surface area (Å²) in [6.07, 6.45) is 0.508. The molecule has 29 heavy (non-hydrogen) atoms. The largest absolute Gasteiger partial charge is 0.322 e. The Labute approximate surface area is 177 Å². The molecule has 0 radical (unpaired) electrons. The van der Waals surface area contributed by atoms with Gasteiger partial charge in [0, 0.05) is 36.8 Å². The van der Waals surface area contributed by atoms with Crippen molar-refractivity contribution in [2.75, 3.05) is 35.7 Å². The van der Waals surface area contributed by atoms with E-state index in [1.165, 1.54) is 6.07 Å². The summed E-state index contributed by atoms with van der Waals surface area (Å²) in [4.78, 5) is 15.5. The first-order valence-electron chi connectivity index (χ1n) is 9.93. The van der Waals surface area contributed by atoms with Crippen LogP contribution < -0.4 is 5.32 Å². The minimum atomic E-state index is -3.49. The fraction of sp³-hybridized carbons (Fsp3) is 0.409. The van der Waals surface area contributed by atoms with Crippen molar-refractivity contribution in [3.8, 4) is 0 Å². The molecular weight excluding hydrogens is 404 g/mol. The summed E-state index contributed by atoms with van der Waals surface area (Å²) < 4.78 is 25.1. The van der Waals surface area contributed by atoms with E-state index in [4.69, 9.17) is 0 Å². The van der Waals surface area contributed by atoms with E-state index in [1.807, 2.05) is 37.7 Å². The lowest BCUT2D eigenvalue weighted by Crippen LogP contribution is -2.32. The number of nitrogens with one attached hydrogen (secondary N) is 1. The molecule has 0 saturated carbocycles. The summed E-state index contributed by atoms with van der Waals surface area (Å²) in [6.45, 7) is 6.75. The summed E-state index contributed by atoms with van der Waals surface area (Å²) in [6, 6.07) is 12.5. The van der Waals surface area contributed by atoms with E-state index in [-0.39, 0.29) is 16.2 Å². The van der Waals surface area contributed by atoms with Crippen molar-refractivity contribution in [1.82, 2.24) is 4.90 Å². The number of carbonyl (C=O) groups excluding carboxylic acids is 1. The molecule has 5 nitrogen and oxygen atoms in total. The Bertz CT molecular complexity index is 968. The molecule has 3 rings (SSSR count). The highest BCUT2D eigenvalue weighted by Crippen LogP contribution is 2.23. The maximum absolute atomic E-state index is 13.0. The number of aryl methyl sites for hydroxylation is 1. The number of carbonyl (C=O) groups is 1. The van der Waals surface area contributed by atoms with Crippen molar-refractivity contribution >= 4 is 33.2 Å². The molecule has 2 aromatic carbocycles. The molecular formula is C22H28N2O3S2. The van der Waals surface area contributed by atoms with Crippen LogP contribution in [0.25, 0.3) is 0 Å². The maximum atomic E-state index is 13.0. The maximum Gasteiger partial charge on any atom is 0.256 e. The summed E-state index contributed by atoms with van der Waals surface area (Å²) in [5.74, 6) is 1.94. The monoisotopic (exact) mass is 432 g/mol. The minimum Gasteiger partial charge on any atom is -0.322 e. The van der Waals surface area contributed by atoms with Crippen LogP contribution >= 0.6 is 11.8 Å². The molecule has 0 bridgehead atoms. The highest BCUT2D eigenvalue weighted by molar-refractivity contribution is 7.99. The molecule has 1 saturated heterocycles. The van der Waals surface area contributed by atoms with E-state index in [2.05, 4.69) is 16.3 Å². The smallest absolute Gasteiger partial charge is 0.256 e. The molecule has 0 aliphatic carbocycles. The van der Waals surface area contributed by atoms with Gasteiger partial charge >= 0.3 is 0 Å². The molecule has 0 unspecified atom stereocenters. The zero-order chi connectivity index (χ0) is 20.9. The van der Waals surface area contributed by atoms with Crippen LogP contribution in [-0.2, 0) is 16.4 Å². The second kappa shape index (κ2) is 9.78. The molecule has 7 heteroatoms. The van der Waals surface area contributed by atoms with Gasteiger partial charge in [-0.05, 0) is 42.7 Å². The van der Waals surface area contributed by atoms with Gasteiger partial charge in [-0.2, -0.15) is 11.8 Å². The predicted molar refractivity (Wildman–Crippen MR) is 121 cm³/mol. The van der Waals surface area contributed by atoms with Crippen molar-refractivity contribution in [2.24, 2.45) is 0 Å². The topological polar surface area (TPSA) is 66.5 Å². The highest BCUT2D eigenvalue weighted by Gasteiger charge is 2.22. The number of hydrogen-bond donors (Lipinski definition) is 1. The van der Waals surface area contributed by atoms with Gasteiger partial charge in [0.15, 0.2) is 9.84 Å². The third-order valence-corrected chi connectivity index (χ3v) is 7.91. The molecule has 1 amide bonds. The first-order chi connectivity index (χ1) is 13.9. The van der Waals surface area contributed by atoms with E-state index in [0.29, 0.717) is 6.42 Å². The number of sulfone groups is 1. The normalized spacial score (nSPS) is 15.2. The summed E-state index contributed by atoms with van der Waals surface area (Å²) in [5.41, 5.74) is 3.01. The van der Waals surface area contributed by atoms with Gasteiger partial charge in [-0.15, -0.1) is 0 Å². The second-order valence-electron chi connectivity index (χ2n) is 7.31. The van der Waals surface area contributed by atoms with E-state index in [1.54, 1.807) is 18.2 Å². The Morgan fingerprint density at radius 3 is 2.59 bits per heavy atom. The first-order valence-corrected chi connectivity index (χ1v) is 12.7. The van der Waals surface area contributed by atoms with Gasteiger partial charge in [0.05, 0.1) is 16.2 Å². The standard InChI is InChI=1S/C22H28N2O3S2/c1-3-14-29(26,27)21-7-5-4-6-19(21)22(25)23-20-15-18(9-8-17(20)2)16-24-10-12-28-13-11-24/h4-9,15H,3,10-14,16H2,1-2H3,(H,23,25). The SMILES string of the molecule is CCCS(=O)(=O)c1ccccc1C(=O)Nc1cc(CN2CCSCC2)ccc1C. The summed E-state index contributed by atoms with van der Waals surface area (Å²) >= 11 is 1.98. The lowest BCUT2D eigenvalue weighted by atomic mass is 10.1. The van der Waals surface area contributed by atoms with Crippen molar-refractivity contribution in [3.05, 3.63) is 59.2 Å². The zero-order valence-corrected chi connectivity index (χ0v) is 18.6. The van der Waals surface area contributed by atoms with Gasteiger partial charge in [-0.25, -0.2) is 8.42 Å². The van der Waals surface area contributed by atoms with Crippen molar-refractivity contribution in [1.29, 1.82) is 0 Å². The average molecular weight is 433 g/mol. The van der Waals surface area contributed by atoms with Gasteiger partial charge in [0.25, 0.3) is 5.91 Å². The average Bonchev–Trinajstić information content (AvgIpc) is 2.71. The molecule has 0 spiro atoms. The van der Waals surface area contributed by atoms with Crippen molar-refractivity contribution < 1.29 is 13.2 Å². The number of amides is 1. The Kier molecular flexibility index (Phi) is 7.38. The van der Waals surface area contributed by atoms with Crippen LogP contribution in [0.3, 0.4) is 0 Å². The van der Waals surface area contributed by atoms with E-state index >= 15 is 0 Å². The Balaban J connectivity index is 1.81. The molecule has 156 valence electrons. The predicted octanol–water partition coefficient (Wildman–Crippen LogP) is 3.98. The van der Waals surface area contributed by atoms with E-state index in [9.17, 15) is 13.2 Å². The third kappa shape index (κ3) is 5.62. The van der Waals surface area contributed by atoms with Crippen molar-refractivity contribution in [3.63, 3.8) is 0 Å². The number of rotatable bonds is 7. The molecule has 1 aliphatic rings. The fourth-order valence-corrected chi connectivity index (χ4v) is 5.93. The third-order valence-electron chi connectivity index (χ3n) is 5.00. The lowest BCUT2D eigenvalue weighted by Gasteiger charge is -2.26. The lowest BCUT2D eigenvalue weighted by molar-refractivity contribution is 0.102. The quantitative estimate of drug-likeness (QED) is 0.717. The highest BCUT2D eigenvalue weighted by atomic mass is 32.2. The molecule has 1 fully saturated rings. The van der Waals surface area contributed by atoms with Gasteiger partial charge in [-0.1, -0.05) is 31.2 Å². The number of hydrogen-bond acceptors (Lipinski definition) is 5. The van der Waals surface area contributed by atoms with Gasteiger partial charge < -0.3 is 5.32 Å². The van der Waals surface area contributed by atoms with Gasteiger partial charge in [0.1, 0.15) is 0 Å². The summed E-state index contributed by atoms with van der Waals surface area (Å²) in [5, 5.41) is 2.93. The van der Waals surface area contributed by atoms with E-state index < -0.39 is 15.7 Å². The van der Waals surface area contributed by atoms with E-state index in [0.717, 1.165) is 48.0 Å².